The molecular weight excluding hydrogens is 424 g/mol. The quantitative estimate of drug-likeness (QED) is 0.567. The first-order valence-electron chi connectivity index (χ1n) is 11.7. The molecule has 1 fully saturated rings. The second kappa shape index (κ2) is 10.8. The Kier molecular flexibility index (Phi) is 7.37. The van der Waals surface area contributed by atoms with Crippen molar-refractivity contribution < 1.29 is 4.79 Å². The van der Waals surface area contributed by atoms with E-state index in [2.05, 4.69) is 39.9 Å². The summed E-state index contributed by atoms with van der Waals surface area (Å²) in [4.78, 5) is 16.7. The molecular formula is C27H28N6O. The van der Waals surface area contributed by atoms with Crippen LogP contribution in [0, 0.1) is 29.6 Å². The van der Waals surface area contributed by atoms with Gasteiger partial charge in [0.15, 0.2) is 0 Å². The Morgan fingerprint density at radius 1 is 1.21 bits per heavy atom. The van der Waals surface area contributed by atoms with E-state index in [0.29, 0.717) is 18.4 Å². The van der Waals surface area contributed by atoms with Gasteiger partial charge in [0.25, 0.3) is 0 Å². The molecule has 1 aromatic heterocycles. The molecule has 1 saturated heterocycles. The number of rotatable bonds is 7. The van der Waals surface area contributed by atoms with Gasteiger partial charge in [-0.05, 0) is 68.0 Å². The fraction of sp³-hybridized carbons (Fsp3) is 0.333. The zero-order valence-electron chi connectivity index (χ0n) is 19.3. The predicted molar refractivity (Wildman–Crippen MR) is 130 cm³/mol. The molecule has 3 aromatic rings. The van der Waals surface area contributed by atoms with Crippen LogP contribution >= 0.6 is 0 Å². The standard InChI is InChI=1S/C27H28N6O/c1-19-30-14-15-33(19)26-16-22(10-11-23(26)17-28)21-8-5-20(6-9-21)7-12-24(18-29)32-27(34)25-4-2-3-13-31-25/h5-6,8-11,14-16,24-25,31H,2-4,7,12-13H2,1H3,(H,32,34)/t24-,25-/m0/s1. The second-order valence-electron chi connectivity index (χ2n) is 8.62. The largest absolute Gasteiger partial charge is 0.339 e. The fourth-order valence-corrected chi connectivity index (χ4v) is 4.33. The highest BCUT2D eigenvalue weighted by atomic mass is 16.2. The van der Waals surface area contributed by atoms with Gasteiger partial charge in [0.05, 0.1) is 23.4 Å². The predicted octanol–water partition coefficient (Wildman–Crippen LogP) is 3.80. The average Bonchev–Trinajstić information content (AvgIpc) is 3.32. The molecule has 1 aliphatic rings. The molecule has 2 aromatic carbocycles. The average molecular weight is 453 g/mol. The number of carbonyl (C=O) groups excluding carboxylic acids is 1. The number of hydrogen-bond acceptors (Lipinski definition) is 5. The molecule has 0 bridgehead atoms. The van der Waals surface area contributed by atoms with Crippen molar-refractivity contribution in [2.75, 3.05) is 6.54 Å². The minimum absolute atomic E-state index is 0.0775. The lowest BCUT2D eigenvalue weighted by atomic mass is 9.99. The van der Waals surface area contributed by atoms with Crippen LogP contribution in [0.15, 0.2) is 54.9 Å². The van der Waals surface area contributed by atoms with Gasteiger partial charge < -0.3 is 15.2 Å². The number of imidazole rings is 1. The van der Waals surface area contributed by atoms with Crippen molar-refractivity contribution in [1.29, 1.82) is 10.5 Å². The maximum absolute atomic E-state index is 12.4. The molecule has 2 N–H and O–H groups in total. The molecule has 7 nitrogen and oxygen atoms in total. The summed E-state index contributed by atoms with van der Waals surface area (Å²) in [5.74, 6) is 0.744. The van der Waals surface area contributed by atoms with Crippen molar-refractivity contribution in [2.45, 2.75) is 51.1 Å². The topological polar surface area (TPSA) is 107 Å². The van der Waals surface area contributed by atoms with Gasteiger partial charge in [-0.2, -0.15) is 10.5 Å². The molecule has 4 rings (SSSR count). The number of aryl methyl sites for hydroxylation is 2. The smallest absolute Gasteiger partial charge is 0.238 e. The van der Waals surface area contributed by atoms with E-state index in [9.17, 15) is 15.3 Å². The Balaban J connectivity index is 1.41. The van der Waals surface area contributed by atoms with Crippen LogP contribution in [0.4, 0.5) is 0 Å². The molecule has 172 valence electrons. The van der Waals surface area contributed by atoms with Crippen LogP contribution in [0.3, 0.4) is 0 Å². The maximum Gasteiger partial charge on any atom is 0.238 e. The number of aromatic nitrogens is 2. The Morgan fingerprint density at radius 3 is 2.65 bits per heavy atom. The van der Waals surface area contributed by atoms with E-state index in [4.69, 9.17) is 0 Å². The van der Waals surface area contributed by atoms with Gasteiger partial charge >= 0.3 is 0 Å². The lowest BCUT2D eigenvalue weighted by molar-refractivity contribution is -0.124. The number of amides is 1. The summed E-state index contributed by atoms with van der Waals surface area (Å²) in [6.07, 6.45) is 7.79. The Morgan fingerprint density at radius 2 is 2.00 bits per heavy atom. The fourth-order valence-electron chi connectivity index (χ4n) is 4.33. The summed E-state index contributed by atoms with van der Waals surface area (Å²) in [5, 5.41) is 25.1. The van der Waals surface area contributed by atoms with Gasteiger partial charge in [-0.3, -0.25) is 4.79 Å². The first kappa shape index (κ1) is 23.2. The number of hydrogen-bond donors (Lipinski definition) is 2. The molecule has 0 aliphatic carbocycles. The van der Waals surface area contributed by atoms with Crippen molar-refractivity contribution in [3.63, 3.8) is 0 Å². The SMILES string of the molecule is Cc1nccn1-c1cc(-c2ccc(CC[C@@H](C#N)NC(=O)[C@@H]3CCCCN3)cc2)ccc1C#N. The Hall–Kier alpha value is -3.94. The third-order valence-electron chi connectivity index (χ3n) is 6.31. The molecule has 0 radical (unpaired) electrons. The molecule has 1 aliphatic heterocycles. The molecule has 34 heavy (non-hydrogen) atoms. The highest BCUT2D eigenvalue weighted by Crippen LogP contribution is 2.26. The van der Waals surface area contributed by atoms with E-state index in [1.165, 1.54) is 0 Å². The van der Waals surface area contributed by atoms with Crippen molar-refractivity contribution in [1.82, 2.24) is 20.2 Å². The van der Waals surface area contributed by atoms with E-state index >= 15 is 0 Å². The van der Waals surface area contributed by atoms with Gasteiger partial charge in [0.2, 0.25) is 5.91 Å². The van der Waals surface area contributed by atoms with Crippen molar-refractivity contribution in [2.24, 2.45) is 0 Å². The Bertz CT molecular complexity index is 1230. The molecule has 0 spiro atoms. The van der Waals surface area contributed by atoms with Crippen LogP contribution in [0.5, 0.6) is 0 Å². The van der Waals surface area contributed by atoms with Gasteiger partial charge in [-0.1, -0.05) is 36.8 Å². The summed E-state index contributed by atoms with van der Waals surface area (Å²) in [6, 6.07) is 17.8. The first-order chi connectivity index (χ1) is 16.6. The van der Waals surface area contributed by atoms with Gasteiger partial charge in [-0.25, -0.2) is 4.98 Å². The van der Waals surface area contributed by atoms with E-state index < -0.39 is 6.04 Å². The van der Waals surface area contributed by atoms with Crippen molar-refractivity contribution >= 4 is 5.91 Å². The summed E-state index contributed by atoms with van der Waals surface area (Å²) in [6.45, 7) is 2.76. The minimum Gasteiger partial charge on any atom is -0.339 e. The Labute approximate surface area is 200 Å². The number of benzene rings is 2. The summed E-state index contributed by atoms with van der Waals surface area (Å²) < 4.78 is 1.91. The molecule has 2 atom stereocenters. The van der Waals surface area contributed by atoms with Gasteiger partial charge in [0.1, 0.15) is 17.9 Å². The van der Waals surface area contributed by atoms with E-state index in [1.54, 1.807) is 6.20 Å². The summed E-state index contributed by atoms with van der Waals surface area (Å²) in [7, 11) is 0. The number of nitrogens with one attached hydrogen (secondary N) is 2. The number of piperidine rings is 1. The molecule has 7 heteroatoms. The highest BCUT2D eigenvalue weighted by Gasteiger charge is 2.22. The first-order valence-corrected chi connectivity index (χ1v) is 11.7. The lowest BCUT2D eigenvalue weighted by Gasteiger charge is -2.23. The maximum atomic E-state index is 12.4. The number of carbonyl (C=O) groups is 1. The number of nitrogens with zero attached hydrogens (tertiary/aromatic N) is 4. The van der Waals surface area contributed by atoms with Crippen LogP contribution in [-0.4, -0.2) is 34.1 Å². The monoisotopic (exact) mass is 452 g/mol. The van der Waals surface area contributed by atoms with Crippen LogP contribution in [0.2, 0.25) is 0 Å². The van der Waals surface area contributed by atoms with Crippen molar-refractivity contribution in [3.8, 4) is 29.0 Å². The third kappa shape index (κ3) is 5.33. The zero-order valence-corrected chi connectivity index (χ0v) is 19.3. The molecule has 1 amide bonds. The van der Waals surface area contributed by atoms with E-state index in [0.717, 1.165) is 54.0 Å². The molecule has 0 unspecified atom stereocenters. The minimum atomic E-state index is -0.504. The molecule has 2 heterocycles. The lowest BCUT2D eigenvalue weighted by Crippen LogP contribution is -2.49. The van der Waals surface area contributed by atoms with E-state index in [-0.39, 0.29) is 11.9 Å². The van der Waals surface area contributed by atoms with Gasteiger partial charge in [-0.15, -0.1) is 0 Å². The van der Waals surface area contributed by atoms with Crippen LogP contribution in [0.25, 0.3) is 16.8 Å². The normalized spacial score (nSPS) is 16.3. The number of nitriles is 2. The summed E-state index contributed by atoms with van der Waals surface area (Å²) in [5.41, 5.74) is 4.55. The second-order valence-corrected chi connectivity index (χ2v) is 8.62. The summed E-state index contributed by atoms with van der Waals surface area (Å²) >= 11 is 0. The van der Waals surface area contributed by atoms with Gasteiger partial charge in [0, 0.05) is 12.4 Å². The highest BCUT2D eigenvalue weighted by molar-refractivity contribution is 5.82. The van der Waals surface area contributed by atoms with Crippen molar-refractivity contribution in [3.05, 3.63) is 71.8 Å². The van der Waals surface area contributed by atoms with Crippen LogP contribution in [-0.2, 0) is 11.2 Å². The molecule has 0 saturated carbocycles. The van der Waals surface area contributed by atoms with Crippen LogP contribution in [0.1, 0.15) is 42.6 Å². The van der Waals surface area contributed by atoms with Crippen LogP contribution < -0.4 is 10.6 Å². The third-order valence-corrected chi connectivity index (χ3v) is 6.31. The zero-order chi connectivity index (χ0) is 23.9. The van der Waals surface area contributed by atoms with E-state index in [1.807, 2.05) is 48.0 Å².